The van der Waals surface area contributed by atoms with Gasteiger partial charge >= 0.3 is 0 Å². The van der Waals surface area contributed by atoms with Crippen LogP contribution in [0.2, 0.25) is 5.02 Å². The smallest absolute Gasteiger partial charge is 0.290 e. The van der Waals surface area contributed by atoms with Crippen molar-refractivity contribution >= 4 is 34.0 Å². The van der Waals surface area contributed by atoms with Crippen molar-refractivity contribution in [2.45, 2.75) is 6.54 Å². The van der Waals surface area contributed by atoms with Crippen LogP contribution in [-0.2, 0) is 11.3 Å². The molecule has 0 radical (unpaired) electrons. The molecule has 0 bridgehead atoms. The van der Waals surface area contributed by atoms with Gasteiger partial charge < -0.3 is 5.32 Å². The van der Waals surface area contributed by atoms with Crippen LogP contribution in [-0.4, -0.2) is 5.91 Å². The Labute approximate surface area is 127 Å². The second-order valence-electron chi connectivity index (χ2n) is 4.80. The van der Waals surface area contributed by atoms with Crippen LogP contribution in [0.15, 0.2) is 67.0 Å². The van der Waals surface area contributed by atoms with Gasteiger partial charge in [0, 0.05) is 22.2 Å². The topological polar surface area (TPSA) is 33.0 Å². The highest BCUT2D eigenvalue weighted by Gasteiger charge is 2.10. The fraction of sp³-hybridized carbons (Fsp3) is 0.0588. The summed E-state index contributed by atoms with van der Waals surface area (Å²) in [5, 5.41) is 5.70. The molecule has 3 aromatic rings. The predicted molar refractivity (Wildman–Crippen MR) is 84.2 cm³/mol. The zero-order chi connectivity index (χ0) is 14.7. The van der Waals surface area contributed by atoms with Gasteiger partial charge in [-0.15, -0.1) is 0 Å². The summed E-state index contributed by atoms with van der Waals surface area (Å²) >= 11 is 5.90. The second kappa shape index (κ2) is 5.94. The fourth-order valence-corrected chi connectivity index (χ4v) is 2.40. The molecular weight excluding hydrogens is 284 g/mol. The maximum Gasteiger partial charge on any atom is 0.290 e. The first-order valence-electron chi connectivity index (χ1n) is 6.64. The molecule has 21 heavy (non-hydrogen) atoms. The zero-order valence-electron chi connectivity index (χ0n) is 11.3. The number of halogens is 1. The largest absolute Gasteiger partial charge is 0.321 e. The number of carbonyl (C=O) groups excluding carboxylic acids is 1. The third kappa shape index (κ3) is 3.38. The molecule has 0 spiro atoms. The van der Waals surface area contributed by atoms with Crippen molar-refractivity contribution in [3.8, 4) is 0 Å². The third-order valence-corrected chi connectivity index (χ3v) is 3.42. The van der Waals surface area contributed by atoms with E-state index in [9.17, 15) is 4.79 Å². The molecule has 1 amide bonds. The molecule has 0 saturated heterocycles. The molecular formula is C17H14ClN2O+. The van der Waals surface area contributed by atoms with E-state index in [1.54, 1.807) is 18.2 Å². The van der Waals surface area contributed by atoms with Gasteiger partial charge in [0.2, 0.25) is 6.54 Å². The summed E-state index contributed by atoms with van der Waals surface area (Å²) in [5.74, 6) is -0.0856. The molecule has 3 rings (SSSR count). The highest BCUT2D eigenvalue weighted by atomic mass is 35.5. The number of benzene rings is 2. The van der Waals surface area contributed by atoms with Gasteiger partial charge in [0.15, 0.2) is 12.4 Å². The van der Waals surface area contributed by atoms with Gasteiger partial charge in [0.25, 0.3) is 5.91 Å². The first kappa shape index (κ1) is 13.6. The van der Waals surface area contributed by atoms with E-state index in [2.05, 4.69) is 5.32 Å². The SMILES string of the molecule is O=C(C[n+]1ccc2ccccc2c1)Nc1cccc(Cl)c1. The van der Waals surface area contributed by atoms with E-state index in [0.717, 1.165) is 10.8 Å². The normalized spacial score (nSPS) is 10.5. The highest BCUT2D eigenvalue weighted by molar-refractivity contribution is 6.30. The molecule has 0 fully saturated rings. The number of fused-ring (bicyclic) bond motifs is 1. The third-order valence-electron chi connectivity index (χ3n) is 3.18. The van der Waals surface area contributed by atoms with E-state index in [1.807, 2.05) is 53.4 Å². The number of rotatable bonds is 3. The number of amides is 1. The van der Waals surface area contributed by atoms with Crippen molar-refractivity contribution in [2.24, 2.45) is 0 Å². The number of pyridine rings is 1. The van der Waals surface area contributed by atoms with E-state index in [4.69, 9.17) is 11.6 Å². The first-order chi connectivity index (χ1) is 10.2. The zero-order valence-corrected chi connectivity index (χ0v) is 12.0. The summed E-state index contributed by atoms with van der Waals surface area (Å²) in [5.41, 5.74) is 0.703. The highest BCUT2D eigenvalue weighted by Crippen LogP contribution is 2.14. The van der Waals surface area contributed by atoms with E-state index in [-0.39, 0.29) is 12.5 Å². The molecule has 0 aliphatic rings. The standard InChI is InChI=1S/C17H13ClN2O/c18-15-6-3-7-16(10-15)19-17(21)12-20-9-8-13-4-1-2-5-14(13)11-20/h1-11H,12H2/p+1. The minimum Gasteiger partial charge on any atom is -0.321 e. The quantitative estimate of drug-likeness (QED) is 0.738. The molecule has 1 heterocycles. The fourth-order valence-electron chi connectivity index (χ4n) is 2.21. The van der Waals surface area contributed by atoms with Crippen LogP contribution < -0.4 is 9.88 Å². The minimum atomic E-state index is -0.0856. The second-order valence-corrected chi connectivity index (χ2v) is 5.24. The lowest BCUT2D eigenvalue weighted by atomic mass is 10.2. The van der Waals surface area contributed by atoms with Crippen molar-refractivity contribution in [1.29, 1.82) is 0 Å². The van der Waals surface area contributed by atoms with Crippen LogP contribution in [0.25, 0.3) is 10.8 Å². The van der Waals surface area contributed by atoms with Crippen molar-refractivity contribution < 1.29 is 9.36 Å². The van der Waals surface area contributed by atoms with Crippen molar-refractivity contribution in [2.75, 3.05) is 5.32 Å². The van der Waals surface area contributed by atoms with Crippen molar-refractivity contribution in [3.63, 3.8) is 0 Å². The van der Waals surface area contributed by atoms with Gasteiger partial charge in [0.05, 0.1) is 0 Å². The van der Waals surface area contributed by atoms with Gasteiger partial charge in [-0.2, -0.15) is 4.57 Å². The Balaban J connectivity index is 1.74. The average Bonchev–Trinajstić information content (AvgIpc) is 2.47. The van der Waals surface area contributed by atoms with E-state index in [1.165, 1.54) is 0 Å². The summed E-state index contributed by atoms with van der Waals surface area (Å²) in [6.07, 6.45) is 3.87. The molecule has 3 nitrogen and oxygen atoms in total. The first-order valence-corrected chi connectivity index (χ1v) is 7.02. The van der Waals surface area contributed by atoms with Gasteiger partial charge in [0.1, 0.15) is 0 Å². The number of carbonyl (C=O) groups is 1. The Morgan fingerprint density at radius 2 is 1.86 bits per heavy atom. The van der Waals surface area contributed by atoms with Gasteiger partial charge in [-0.3, -0.25) is 4.79 Å². The van der Waals surface area contributed by atoms with E-state index in [0.29, 0.717) is 10.7 Å². The summed E-state index contributed by atoms with van der Waals surface area (Å²) < 4.78 is 1.86. The molecule has 0 aliphatic heterocycles. The monoisotopic (exact) mass is 297 g/mol. The predicted octanol–water partition coefficient (Wildman–Crippen LogP) is 3.42. The van der Waals surface area contributed by atoms with Crippen LogP contribution >= 0.6 is 11.6 Å². The van der Waals surface area contributed by atoms with Crippen molar-refractivity contribution in [1.82, 2.24) is 0 Å². The lowest BCUT2D eigenvalue weighted by Gasteiger charge is -2.03. The number of hydrogen-bond acceptors (Lipinski definition) is 1. The van der Waals surface area contributed by atoms with E-state index >= 15 is 0 Å². The van der Waals surface area contributed by atoms with Crippen LogP contribution in [0.5, 0.6) is 0 Å². The molecule has 1 N–H and O–H groups in total. The van der Waals surface area contributed by atoms with Crippen LogP contribution in [0, 0.1) is 0 Å². The van der Waals surface area contributed by atoms with Gasteiger partial charge in [-0.05, 0) is 29.7 Å². The molecule has 4 heteroatoms. The average molecular weight is 298 g/mol. The molecule has 2 aromatic carbocycles. The lowest BCUT2D eigenvalue weighted by Crippen LogP contribution is -2.39. The molecule has 0 unspecified atom stereocenters. The molecule has 0 aliphatic carbocycles. The Kier molecular flexibility index (Phi) is 3.84. The summed E-state index contributed by atoms with van der Waals surface area (Å²) in [6.45, 7) is 0.261. The maximum absolute atomic E-state index is 12.1. The minimum absolute atomic E-state index is 0.0856. The van der Waals surface area contributed by atoms with Gasteiger partial charge in [-0.1, -0.05) is 35.9 Å². The van der Waals surface area contributed by atoms with Crippen LogP contribution in [0.4, 0.5) is 5.69 Å². The number of aromatic nitrogens is 1. The number of hydrogen-bond donors (Lipinski definition) is 1. The molecule has 104 valence electrons. The Morgan fingerprint density at radius 3 is 2.67 bits per heavy atom. The Morgan fingerprint density at radius 1 is 1.05 bits per heavy atom. The Hall–Kier alpha value is -2.39. The lowest BCUT2D eigenvalue weighted by molar-refractivity contribution is -0.682. The summed E-state index contributed by atoms with van der Waals surface area (Å²) in [7, 11) is 0. The Bertz CT molecular complexity index is 801. The number of anilines is 1. The molecule has 0 saturated carbocycles. The molecule has 1 aromatic heterocycles. The summed E-state index contributed by atoms with van der Waals surface area (Å²) in [6, 6.07) is 17.2. The summed E-state index contributed by atoms with van der Waals surface area (Å²) in [4.78, 5) is 12.1. The maximum atomic E-state index is 12.1. The van der Waals surface area contributed by atoms with Crippen LogP contribution in [0.3, 0.4) is 0 Å². The molecule has 0 atom stereocenters. The van der Waals surface area contributed by atoms with Crippen LogP contribution in [0.1, 0.15) is 0 Å². The number of nitrogens with zero attached hydrogens (tertiary/aromatic N) is 1. The van der Waals surface area contributed by atoms with E-state index < -0.39 is 0 Å². The van der Waals surface area contributed by atoms with Crippen molar-refractivity contribution in [3.05, 3.63) is 72.0 Å². The number of nitrogens with one attached hydrogen (secondary N) is 1. The van der Waals surface area contributed by atoms with Gasteiger partial charge in [-0.25, -0.2) is 0 Å².